The van der Waals surface area contributed by atoms with Gasteiger partial charge in [-0.15, -0.1) is 0 Å². The molecule has 0 saturated carbocycles. The van der Waals surface area contributed by atoms with Gasteiger partial charge in [0.15, 0.2) is 0 Å². The van der Waals surface area contributed by atoms with E-state index in [1.54, 1.807) is 32.9 Å². The number of H-pyrrole nitrogens is 1. The molecule has 2 heterocycles. The molecule has 0 spiro atoms. The predicted octanol–water partition coefficient (Wildman–Crippen LogP) is 4.28. The van der Waals surface area contributed by atoms with Gasteiger partial charge in [-0.2, -0.15) is 0 Å². The number of aromatic amines is 1. The number of nitrogens with zero attached hydrogens (tertiary/aromatic N) is 2. The third-order valence-electron chi connectivity index (χ3n) is 7.82. The number of carbonyl (C=O) groups is 4. The van der Waals surface area contributed by atoms with Gasteiger partial charge in [0.05, 0.1) is 18.4 Å². The highest BCUT2D eigenvalue weighted by Gasteiger charge is 2.29. The largest absolute Gasteiger partial charge is 0.467 e. The number of methoxy groups -OCH3 is 1. The lowest BCUT2D eigenvalue weighted by Gasteiger charge is -2.25. The molecule has 1 aromatic carbocycles. The number of alkyl carbamates (subject to hydrolysis) is 1. The highest BCUT2D eigenvalue weighted by Crippen LogP contribution is 2.24. The lowest BCUT2D eigenvalue weighted by Crippen LogP contribution is -2.52. The van der Waals surface area contributed by atoms with E-state index < -0.39 is 52.9 Å². The second-order valence-corrected chi connectivity index (χ2v) is 13.6. The van der Waals surface area contributed by atoms with Gasteiger partial charge in [0.2, 0.25) is 11.9 Å². The van der Waals surface area contributed by atoms with E-state index in [4.69, 9.17) is 13.9 Å². The molecule has 5 N–H and O–H groups in total. The van der Waals surface area contributed by atoms with Gasteiger partial charge < -0.3 is 34.7 Å². The zero-order valence-electron chi connectivity index (χ0n) is 31.1. The topological polar surface area (TPSA) is 214 Å². The molecule has 0 radical (unpaired) electrons. The van der Waals surface area contributed by atoms with Crippen molar-refractivity contribution in [3.05, 3.63) is 51.1 Å². The van der Waals surface area contributed by atoms with Gasteiger partial charge in [-0.25, -0.2) is 24.2 Å². The summed E-state index contributed by atoms with van der Waals surface area (Å²) < 4.78 is 15.7. The summed E-state index contributed by atoms with van der Waals surface area (Å²) in [6, 6.07) is 5.65. The van der Waals surface area contributed by atoms with Crippen molar-refractivity contribution in [3.8, 4) is 11.3 Å². The number of hydrogen-bond donors (Lipinski definition) is 5. The molecule has 0 saturated heterocycles. The molecule has 284 valence electrons. The van der Waals surface area contributed by atoms with Crippen molar-refractivity contribution >= 4 is 46.6 Å². The van der Waals surface area contributed by atoms with Crippen LogP contribution < -0.4 is 37.4 Å². The first kappa shape index (κ1) is 41.0. The lowest BCUT2D eigenvalue weighted by atomic mass is 10.0. The minimum Gasteiger partial charge on any atom is -0.467 e. The number of fused-ring (bicyclic) bond motifs is 1. The number of benzene rings is 1. The van der Waals surface area contributed by atoms with Gasteiger partial charge in [-0.05, 0) is 84.4 Å². The van der Waals surface area contributed by atoms with E-state index in [1.165, 1.54) is 7.11 Å². The fraction of sp³-hybridized carbons (Fsp3) is 0.528. The Bertz CT molecular complexity index is 1830. The number of anilines is 2. The highest BCUT2D eigenvalue weighted by atomic mass is 16.6. The highest BCUT2D eigenvalue weighted by molar-refractivity contribution is 5.90. The average Bonchev–Trinajstić information content (AvgIpc) is 3.05. The maximum atomic E-state index is 13.2. The number of amides is 4. The van der Waals surface area contributed by atoms with Gasteiger partial charge >= 0.3 is 23.7 Å². The smallest absolute Gasteiger partial charge is 0.408 e. The van der Waals surface area contributed by atoms with Crippen LogP contribution in [-0.2, 0) is 19.1 Å². The van der Waals surface area contributed by atoms with Crippen LogP contribution >= 0.6 is 0 Å². The van der Waals surface area contributed by atoms with E-state index in [-0.39, 0.29) is 36.1 Å². The van der Waals surface area contributed by atoms with E-state index in [0.29, 0.717) is 30.2 Å². The van der Waals surface area contributed by atoms with Crippen LogP contribution in [0.2, 0.25) is 0 Å². The first-order valence-corrected chi connectivity index (χ1v) is 17.4. The van der Waals surface area contributed by atoms with Crippen molar-refractivity contribution in [2.24, 2.45) is 5.92 Å². The van der Waals surface area contributed by atoms with E-state index >= 15 is 0 Å². The Morgan fingerprint density at radius 3 is 2.33 bits per heavy atom. The monoisotopic (exact) mass is 725 g/mol. The molecule has 0 bridgehead atoms. The number of hydrogen-bond acceptors (Lipinski definition) is 11. The Kier molecular flexibility index (Phi) is 14.8. The lowest BCUT2D eigenvalue weighted by molar-refractivity contribution is -0.145. The fourth-order valence-electron chi connectivity index (χ4n) is 5.36. The molecular weight excluding hydrogens is 674 g/mol. The summed E-state index contributed by atoms with van der Waals surface area (Å²) in [7, 11) is 1.23. The van der Waals surface area contributed by atoms with Crippen molar-refractivity contribution in [3.63, 3.8) is 0 Å². The van der Waals surface area contributed by atoms with Gasteiger partial charge in [-0.1, -0.05) is 13.8 Å². The number of nitrogens with one attached hydrogen (secondary N) is 5. The van der Waals surface area contributed by atoms with Crippen molar-refractivity contribution in [1.29, 1.82) is 0 Å². The average molecular weight is 726 g/mol. The summed E-state index contributed by atoms with van der Waals surface area (Å²) in [6.07, 6.45) is 0.509. The van der Waals surface area contributed by atoms with Crippen LogP contribution in [0.4, 0.5) is 21.2 Å². The maximum Gasteiger partial charge on any atom is 0.408 e. The summed E-state index contributed by atoms with van der Waals surface area (Å²) >= 11 is 0. The Labute approximate surface area is 302 Å². The molecule has 4 amide bonds. The summed E-state index contributed by atoms with van der Waals surface area (Å²) in [6.45, 7) is 14.7. The second kappa shape index (κ2) is 18.7. The number of rotatable bonds is 16. The van der Waals surface area contributed by atoms with Gasteiger partial charge in [-0.3, -0.25) is 19.9 Å². The van der Waals surface area contributed by atoms with E-state index in [2.05, 4.69) is 36.1 Å². The number of carbonyl (C=O) groups excluding carboxylic acids is 4. The van der Waals surface area contributed by atoms with Crippen molar-refractivity contribution in [2.45, 2.75) is 91.8 Å². The number of esters is 1. The van der Waals surface area contributed by atoms with Gasteiger partial charge in [0.25, 0.3) is 5.56 Å². The summed E-state index contributed by atoms with van der Waals surface area (Å²) in [5, 5.41) is 11.0. The van der Waals surface area contributed by atoms with Crippen molar-refractivity contribution in [2.75, 3.05) is 37.0 Å². The molecule has 2 unspecified atom stereocenters. The Morgan fingerprint density at radius 1 is 0.981 bits per heavy atom. The first-order valence-electron chi connectivity index (χ1n) is 17.4. The molecule has 16 heteroatoms. The number of aromatic nitrogens is 2. The molecule has 0 aliphatic carbocycles. The minimum atomic E-state index is -1.03. The molecule has 0 aliphatic rings. The van der Waals surface area contributed by atoms with E-state index in [1.807, 2.05) is 39.8 Å². The molecule has 16 nitrogen and oxygen atoms in total. The van der Waals surface area contributed by atoms with Crippen LogP contribution in [0, 0.1) is 5.92 Å². The molecular formula is C36H51N7O9. The van der Waals surface area contributed by atoms with Crippen LogP contribution in [0.5, 0.6) is 0 Å². The minimum absolute atomic E-state index is 0.0205. The zero-order valence-corrected chi connectivity index (χ0v) is 31.1. The van der Waals surface area contributed by atoms with Crippen LogP contribution in [0.1, 0.15) is 74.1 Å². The van der Waals surface area contributed by atoms with Crippen LogP contribution in [0.15, 0.2) is 44.3 Å². The predicted molar refractivity (Wildman–Crippen MR) is 197 cm³/mol. The fourth-order valence-corrected chi connectivity index (χ4v) is 5.36. The Balaban J connectivity index is 1.63. The SMILES string of the molecule is CCN(CC)c1ccc2cc(-c3cc(=O)[nH]c(NC(=O)NCCCCC(NC(=O)OC(C)(C)C)C(=O)NC(CC(C)C)C(=O)OC)n3)c(=O)oc2c1. The molecule has 0 aliphatic heterocycles. The van der Waals surface area contributed by atoms with Crippen molar-refractivity contribution < 1.29 is 33.1 Å². The molecule has 2 atom stereocenters. The molecule has 3 aromatic rings. The third kappa shape index (κ3) is 12.4. The Morgan fingerprint density at radius 2 is 1.69 bits per heavy atom. The van der Waals surface area contributed by atoms with Crippen molar-refractivity contribution in [1.82, 2.24) is 25.9 Å². The maximum absolute atomic E-state index is 13.2. The van der Waals surface area contributed by atoms with E-state index in [0.717, 1.165) is 24.8 Å². The standard InChI is InChI=1S/C36H51N7O9/c1-9-43(10-2)23-15-14-22-18-24(31(46)51-28(22)19-23)26-20-29(44)41-33(39-26)42-34(48)37-16-12-11-13-25(40-35(49)52-36(5,6)7)30(45)38-27(17-21(3)4)32(47)50-8/h14-15,18-21,25,27H,9-13,16-17H2,1-8H3,(H,38,45)(H,40,49)(H3,37,39,41,42,44,48). The first-order chi connectivity index (χ1) is 24.5. The third-order valence-corrected chi connectivity index (χ3v) is 7.82. The number of ether oxygens (including phenoxy) is 2. The summed E-state index contributed by atoms with van der Waals surface area (Å²) in [4.78, 5) is 84.9. The Hall–Kier alpha value is -5.41. The quantitative estimate of drug-likeness (QED) is 0.0798. The van der Waals surface area contributed by atoms with Gasteiger partial charge in [0, 0.05) is 42.8 Å². The number of urea groups is 1. The zero-order chi connectivity index (χ0) is 38.6. The molecule has 52 heavy (non-hydrogen) atoms. The van der Waals surface area contributed by atoms with Gasteiger partial charge in [0.1, 0.15) is 23.3 Å². The van der Waals surface area contributed by atoms with Crippen LogP contribution in [-0.4, -0.2) is 78.4 Å². The molecule has 3 rings (SSSR count). The summed E-state index contributed by atoms with van der Waals surface area (Å²) in [5.74, 6) is -1.28. The van der Waals surface area contributed by atoms with Crippen LogP contribution in [0.3, 0.4) is 0 Å². The molecule has 2 aromatic heterocycles. The number of unbranched alkanes of at least 4 members (excludes halogenated alkanes) is 1. The van der Waals surface area contributed by atoms with Crippen LogP contribution in [0.25, 0.3) is 22.2 Å². The summed E-state index contributed by atoms with van der Waals surface area (Å²) in [5.41, 5.74) is -0.706. The normalized spacial score (nSPS) is 12.5. The van der Waals surface area contributed by atoms with E-state index in [9.17, 15) is 28.8 Å². The second-order valence-electron chi connectivity index (χ2n) is 13.6. The molecule has 0 fully saturated rings.